The van der Waals surface area contributed by atoms with Crippen LogP contribution in [0.25, 0.3) is 0 Å². The van der Waals surface area contributed by atoms with Crippen molar-refractivity contribution in [3.8, 4) is 0 Å². The molecule has 0 heterocycles. The van der Waals surface area contributed by atoms with Crippen LogP contribution in [0.15, 0.2) is 85.1 Å². The maximum Gasteiger partial charge on any atom is 0.472 e. The zero-order chi connectivity index (χ0) is 71.8. The molecule has 0 fully saturated rings. The molecule has 98 heavy (non-hydrogen) atoms. The van der Waals surface area contributed by atoms with Gasteiger partial charge >= 0.3 is 39.5 Å². The van der Waals surface area contributed by atoms with E-state index < -0.39 is 97.5 Å². The molecule has 0 saturated carbocycles. The van der Waals surface area contributed by atoms with Crippen molar-refractivity contribution in [1.82, 2.24) is 0 Å². The Balaban J connectivity index is 5.33. The fourth-order valence-electron chi connectivity index (χ4n) is 10.4. The quantitative estimate of drug-likeness (QED) is 0.0169. The number of phosphoric ester groups is 2. The molecule has 0 aromatic heterocycles. The molecule has 0 radical (unpaired) electrons. The van der Waals surface area contributed by atoms with Crippen LogP contribution >= 0.6 is 15.6 Å². The molecule has 0 aromatic rings. The molecule has 0 saturated heterocycles. The first-order valence-electron chi connectivity index (χ1n) is 38.8. The predicted molar refractivity (Wildman–Crippen MR) is 399 cm³/mol. The number of rotatable bonds is 73. The van der Waals surface area contributed by atoms with Crippen LogP contribution in [0, 0.1) is 0 Å². The van der Waals surface area contributed by atoms with Gasteiger partial charge in [-0.3, -0.25) is 37.3 Å². The number of allylic oxidation sites excluding steroid dienone is 14. The highest BCUT2D eigenvalue weighted by Gasteiger charge is 2.30. The Morgan fingerprint density at radius 1 is 0.296 bits per heavy atom. The first-order chi connectivity index (χ1) is 47.7. The average Bonchev–Trinajstić information content (AvgIpc) is 0.992. The molecule has 17 nitrogen and oxygen atoms in total. The van der Waals surface area contributed by atoms with Crippen molar-refractivity contribution in [2.75, 3.05) is 39.6 Å². The number of hydrogen-bond acceptors (Lipinski definition) is 15. The second-order valence-electron chi connectivity index (χ2n) is 25.9. The molecule has 0 amide bonds. The molecule has 19 heteroatoms. The Bertz CT molecular complexity index is 2190. The van der Waals surface area contributed by atoms with E-state index in [1.165, 1.54) is 83.5 Å². The van der Waals surface area contributed by atoms with Gasteiger partial charge in [0.15, 0.2) is 12.2 Å². The van der Waals surface area contributed by atoms with Gasteiger partial charge in [0.2, 0.25) is 0 Å². The standard InChI is InChI=1S/C79H140O17P2/c1-5-9-13-17-21-25-29-32-34-35-36-37-39-41-45-48-52-56-60-64-77(82)90-70-75(96-79(84)66-62-58-54-50-46-42-38-33-30-26-22-18-14-10-6-2)72-94-98(87,88)92-68-73(80)67-91-97(85,86)93-71-74(95-78(83)65-61-57-53-49-43-28-24-20-16-12-8-4)69-89-76(81)63-59-55-51-47-44-40-31-27-23-19-15-11-7-3/h9,13,21-22,25-27,31-34,36-38,73-75,80H,5-8,10-12,14-20,23-24,28-30,35,39-72H2,1-4H3,(H,85,86)(H,87,88)/b13-9-,25-21-,26-22-,31-27-,34-32-,37-36-,38-33-. The first kappa shape index (κ1) is 94.2. The number of carbonyl (C=O) groups is 4. The molecular weight excluding hydrogens is 1280 g/mol. The molecule has 5 unspecified atom stereocenters. The van der Waals surface area contributed by atoms with Gasteiger partial charge in [-0.1, -0.05) is 273 Å². The van der Waals surface area contributed by atoms with Crippen LogP contribution in [-0.2, 0) is 65.4 Å². The summed E-state index contributed by atoms with van der Waals surface area (Å²) in [5.74, 6) is -2.19. The Morgan fingerprint density at radius 3 is 0.857 bits per heavy atom. The number of unbranched alkanes of at least 4 members (excludes halogenated alkanes) is 33. The van der Waals surface area contributed by atoms with Gasteiger partial charge in [-0.2, -0.15) is 0 Å². The third kappa shape index (κ3) is 70.7. The largest absolute Gasteiger partial charge is 0.472 e. The van der Waals surface area contributed by atoms with E-state index in [0.717, 1.165) is 173 Å². The van der Waals surface area contributed by atoms with Crippen LogP contribution in [0.2, 0.25) is 0 Å². The number of esters is 4. The fourth-order valence-corrected chi connectivity index (χ4v) is 12.0. The maximum atomic E-state index is 13.1. The van der Waals surface area contributed by atoms with Gasteiger partial charge in [-0.25, -0.2) is 9.13 Å². The highest BCUT2D eigenvalue weighted by molar-refractivity contribution is 7.47. The van der Waals surface area contributed by atoms with E-state index in [1.807, 2.05) is 0 Å². The lowest BCUT2D eigenvalue weighted by Gasteiger charge is -2.21. The number of phosphoric acid groups is 2. The molecule has 0 aliphatic carbocycles. The number of ether oxygens (including phenoxy) is 4. The molecule has 0 aliphatic rings. The summed E-state index contributed by atoms with van der Waals surface area (Å²) < 4.78 is 68.5. The summed E-state index contributed by atoms with van der Waals surface area (Å²) >= 11 is 0. The van der Waals surface area contributed by atoms with Crippen LogP contribution in [0.3, 0.4) is 0 Å². The van der Waals surface area contributed by atoms with Crippen molar-refractivity contribution in [3.63, 3.8) is 0 Å². The topological polar surface area (TPSA) is 237 Å². The van der Waals surface area contributed by atoms with Crippen molar-refractivity contribution < 1.29 is 80.2 Å². The van der Waals surface area contributed by atoms with Crippen molar-refractivity contribution in [1.29, 1.82) is 0 Å². The molecule has 0 bridgehead atoms. The molecule has 0 aliphatic heterocycles. The number of aliphatic hydroxyl groups is 1. The zero-order valence-corrected chi connectivity index (χ0v) is 63.7. The lowest BCUT2D eigenvalue weighted by Crippen LogP contribution is -2.30. The van der Waals surface area contributed by atoms with E-state index in [-0.39, 0.29) is 25.7 Å². The summed E-state index contributed by atoms with van der Waals surface area (Å²) in [5.41, 5.74) is 0. The van der Waals surface area contributed by atoms with Crippen molar-refractivity contribution in [2.24, 2.45) is 0 Å². The van der Waals surface area contributed by atoms with Gasteiger partial charge in [-0.05, 0) is 122 Å². The van der Waals surface area contributed by atoms with Gasteiger partial charge in [0.25, 0.3) is 0 Å². The fraction of sp³-hybridized carbons (Fsp3) is 0.772. The Kier molecular flexibility index (Phi) is 68.9. The van der Waals surface area contributed by atoms with E-state index >= 15 is 0 Å². The second kappa shape index (κ2) is 71.6. The van der Waals surface area contributed by atoms with Crippen molar-refractivity contribution in [3.05, 3.63) is 85.1 Å². The minimum absolute atomic E-state index is 0.0766. The SMILES string of the molecule is CC/C=C\C/C=C\C/C=C\C/C=C\CCCCCCCCC(=O)OCC(COP(=O)(O)OCC(O)COP(=O)(O)OCC(COC(=O)CCCCCCC/C=C\CCCCCC)OC(=O)CCCCCCCCCCCCC)OC(=O)CCCCCCC/C=C\C/C=C\CCCCC. The van der Waals surface area contributed by atoms with E-state index in [4.69, 9.17) is 37.0 Å². The summed E-state index contributed by atoms with van der Waals surface area (Å²) in [5, 5.41) is 10.6. The van der Waals surface area contributed by atoms with Gasteiger partial charge in [0, 0.05) is 25.7 Å². The molecule has 0 spiro atoms. The van der Waals surface area contributed by atoms with E-state index in [9.17, 15) is 43.2 Å². The Labute approximate surface area is 595 Å². The van der Waals surface area contributed by atoms with E-state index in [0.29, 0.717) is 25.7 Å². The van der Waals surface area contributed by atoms with Crippen LogP contribution in [0.4, 0.5) is 0 Å². The monoisotopic (exact) mass is 1420 g/mol. The minimum Gasteiger partial charge on any atom is -0.462 e. The van der Waals surface area contributed by atoms with Gasteiger partial charge < -0.3 is 33.8 Å². The smallest absolute Gasteiger partial charge is 0.462 e. The number of carbonyl (C=O) groups excluding carboxylic acids is 4. The molecular formula is C79H140O17P2. The third-order valence-electron chi connectivity index (χ3n) is 16.3. The van der Waals surface area contributed by atoms with Crippen LogP contribution in [0.5, 0.6) is 0 Å². The molecule has 568 valence electrons. The van der Waals surface area contributed by atoms with Gasteiger partial charge in [0.05, 0.1) is 26.4 Å². The van der Waals surface area contributed by atoms with E-state index in [1.54, 1.807) is 0 Å². The summed E-state index contributed by atoms with van der Waals surface area (Å²) in [4.78, 5) is 72.8. The average molecular weight is 1420 g/mol. The summed E-state index contributed by atoms with van der Waals surface area (Å²) in [6.07, 6.45) is 72.8. The number of hydrogen-bond donors (Lipinski definition) is 3. The molecule has 0 rings (SSSR count). The number of aliphatic hydroxyl groups excluding tert-OH is 1. The Morgan fingerprint density at radius 2 is 0.531 bits per heavy atom. The Hall–Kier alpha value is -3.76. The third-order valence-corrected chi connectivity index (χ3v) is 18.2. The van der Waals surface area contributed by atoms with Crippen LogP contribution < -0.4 is 0 Å². The maximum absolute atomic E-state index is 13.1. The molecule has 3 N–H and O–H groups in total. The predicted octanol–water partition coefficient (Wildman–Crippen LogP) is 22.2. The van der Waals surface area contributed by atoms with Crippen LogP contribution in [-0.4, -0.2) is 96.7 Å². The van der Waals surface area contributed by atoms with Crippen molar-refractivity contribution in [2.45, 2.75) is 354 Å². The normalized spacial score (nSPS) is 14.4. The first-order valence-corrected chi connectivity index (χ1v) is 41.8. The van der Waals surface area contributed by atoms with Gasteiger partial charge in [0.1, 0.15) is 19.3 Å². The van der Waals surface area contributed by atoms with Gasteiger partial charge in [-0.15, -0.1) is 0 Å². The molecule has 0 aromatic carbocycles. The summed E-state index contributed by atoms with van der Waals surface area (Å²) in [6.45, 7) is 4.71. The lowest BCUT2D eigenvalue weighted by molar-refractivity contribution is -0.161. The summed E-state index contributed by atoms with van der Waals surface area (Å²) in [7, 11) is -9.95. The molecule has 5 atom stereocenters. The second-order valence-corrected chi connectivity index (χ2v) is 28.8. The van der Waals surface area contributed by atoms with E-state index in [2.05, 4.69) is 113 Å². The zero-order valence-electron chi connectivity index (χ0n) is 62.0. The minimum atomic E-state index is -4.98. The van der Waals surface area contributed by atoms with Crippen molar-refractivity contribution >= 4 is 39.5 Å². The highest BCUT2D eigenvalue weighted by Crippen LogP contribution is 2.45. The van der Waals surface area contributed by atoms with Crippen LogP contribution in [0.1, 0.15) is 336 Å². The summed E-state index contributed by atoms with van der Waals surface area (Å²) in [6, 6.07) is 0. The lowest BCUT2D eigenvalue weighted by atomic mass is 10.1. The highest BCUT2D eigenvalue weighted by atomic mass is 31.2.